The van der Waals surface area contributed by atoms with Crippen LogP contribution in [0.2, 0.25) is 0 Å². The van der Waals surface area contributed by atoms with Crippen molar-refractivity contribution >= 4 is 17.2 Å². The van der Waals surface area contributed by atoms with E-state index < -0.39 is 5.41 Å². The highest BCUT2D eigenvalue weighted by Gasteiger charge is 2.53. The van der Waals surface area contributed by atoms with E-state index in [4.69, 9.17) is 8.94 Å². The van der Waals surface area contributed by atoms with E-state index in [9.17, 15) is 4.79 Å². The first kappa shape index (κ1) is 14.1. The van der Waals surface area contributed by atoms with Gasteiger partial charge in [-0.2, -0.15) is 0 Å². The van der Waals surface area contributed by atoms with Crippen molar-refractivity contribution in [3.63, 3.8) is 0 Å². The first-order valence-corrected chi connectivity index (χ1v) is 8.14. The number of aromatic nitrogens is 3. The molecular weight excluding hydrogens is 316 g/mol. The summed E-state index contributed by atoms with van der Waals surface area (Å²) < 4.78 is 10.6. The van der Waals surface area contributed by atoms with Crippen LogP contribution in [0.5, 0.6) is 0 Å². The topological polar surface area (TPSA) is 94.1 Å². The van der Waals surface area contributed by atoms with E-state index >= 15 is 0 Å². The van der Waals surface area contributed by atoms with Gasteiger partial charge in [0, 0.05) is 13.0 Å². The van der Waals surface area contributed by atoms with Crippen molar-refractivity contribution in [1.29, 1.82) is 0 Å². The summed E-state index contributed by atoms with van der Waals surface area (Å²) in [6.07, 6.45) is 1.52. The van der Waals surface area contributed by atoms with E-state index in [-0.39, 0.29) is 12.5 Å². The Labute approximate surface area is 135 Å². The number of aryl methyl sites for hydroxylation is 1. The van der Waals surface area contributed by atoms with Crippen LogP contribution in [-0.4, -0.2) is 21.3 Å². The molecule has 1 saturated carbocycles. The Bertz CT molecular complexity index is 833. The molecule has 1 N–H and O–H groups in total. The standard InChI is InChI=1S/C15H14N4O3S/c1-9-17-18-13(21-9)8-16-14(20)15(4-5-15)12-7-10(22-19-12)11-3-2-6-23-11/h2-3,6-7H,4-5,8H2,1H3,(H,16,20). The predicted molar refractivity (Wildman–Crippen MR) is 81.6 cm³/mol. The third-order valence-corrected chi connectivity index (χ3v) is 4.80. The monoisotopic (exact) mass is 330 g/mol. The number of hydrogen-bond acceptors (Lipinski definition) is 7. The van der Waals surface area contributed by atoms with Gasteiger partial charge in [-0.05, 0) is 24.3 Å². The van der Waals surface area contributed by atoms with Crippen molar-refractivity contribution in [2.45, 2.75) is 31.7 Å². The second kappa shape index (κ2) is 5.31. The minimum atomic E-state index is -0.589. The maximum Gasteiger partial charge on any atom is 0.235 e. The van der Waals surface area contributed by atoms with E-state index in [1.165, 1.54) is 0 Å². The maximum atomic E-state index is 12.5. The zero-order valence-electron chi connectivity index (χ0n) is 12.4. The van der Waals surface area contributed by atoms with E-state index in [0.717, 1.165) is 17.7 Å². The Kier molecular flexibility index (Phi) is 3.26. The fraction of sp³-hybridized carbons (Fsp3) is 0.333. The fourth-order valence-electron chi connectivity index (χ4n) is 2.49. The highest BCUT2D eigenvalue weighted by molar-refractivity contribution is 7.13. The summed E-state index contributed by atoms with van der Waals surface area (Å²) in [5, 5.41) is 16.5. The van der Waals surface area contributed by atoms with Gasteiger partial charge < -0.3 is 14.3 Å². The lowest BCUT2D eigenvalue weighted by Gasteiger charge is -2.10. The summed E-state index contributed by atoms with van der Waals surface area (Å²) in [7, 11) is 0. The quantitative estimate of drug-likeness (QED) is 0.772. The van der Waals surface area contributed by atoms with Gasteiger partial charge in [0.1, 0.15) is 0 Å². The van der Waals surface area contributed by atoms with E-state index in [1.807, 2.05) is 23.6 Å². The lowest BCUT2D eigenvalue weighted by molar-refractivity contribution is -0.124. The van der Waals surface area contributed by atoms with Crippen molar-refractivity contribution in [2.75, 3.05) is 0 Å². The summed E-state index contributed by atoms with van der Waals surface area (Å²) in [6, 6.07) is 5.77. The second-order valence-corrected chi connectivity index (χ2v) is 6.48. The zero-order chi connectivity index (χ0) is 15.9. The first-order chi connectivity index (χ1) is 11.2. The molecule has 3 aromatic rings. The lowest BCUT2D eigenvalue weighted by Crippen LogP contribution is -2.34. The van der Waals surface area contributed by atoms with Crippen molar-refractivity contribution in [2.24, 2.45) is 0 Å². The van der Waals surface area contributed by atoms with E-state index in [1.54, 1.807) is 18.3 Å². The molecular formula is C15H14N4O3S. The van der Waals surface area contributed by atoms with Crippen molar-refractivity contribution in [3.8, 4) is 10.6 Å². The van der Waals surface area contributed by atoms with Crippen LogP contribution >= 0.6 is 11.3 Å². The van der Waals surface area contributed by atoms with E-state index in [0.29, 0.717) is 23.2 Å². The van der Waals surface area contributed by atoms with Crippen LogP contribution in [-0.2, 0) is 16.8 Å². The first-order valence-electron chi connectivity index (χ1n) is 7.26. The summed E-state index contributed by atoms with van der Waals surface area (Å²) in [6.45, 7) is 1.93. The van der Waals surface area contributed by atoms with Crippen LogP contribution in [0.15, 0.2) is 32.5 Å². The second-order valence-electron chi connectivity index (χ2n) is 5.53. The summed E-state index contributed by atoms with van der Waals surface area (Å²) in [5.41, 5.74) is 0.0914. The Balaban J connectivity index is 1.48. The number of amides is 1. The third-order valence-electron chi connectivity index (χ3n) is 3.92. The molecule has 3 aromatic heterocycles. The van der Waals surface area contributed by atoms with Gasteiger partial charge >= 0.3 is 0 Å². The molecule has 0 radical (unpaired) electrons. The molecule has 1 amide bonds. The van der Waals surface area contributed by atoms with Crippen LogP contribution in [0, 0.1) is 6.92 Å². The number of rotatable bonds is 5. The molecule has 0 bridgehead atoms. The van der Waals surface area contributed by atoms with Crippen LogP contribution in [0.4, 0.5) is 0 Å². The molecule has 0 aliphatic heterocycles. The molecule has 1 fully saturated rings. The third kappa shape index (κ3) is 2.55. The zero-order valence-corrected chi connectivity index (χ0v) is 13.2. The van der Waals surface area contributed by atoms with Gasteiger partial charge in [0.05, 0.1) is 22.5 Å². The molecule has 4 rings (SSSR count). The number of nitrogens with one attached hydrogen (secondary N) is 1. The Hall–Kier alpha value is -2.48. The fourth-order valence-corrected chi connectivity index (χ4v) is 3.17. The number of thiophene rings is 1. The smallest absolute Gasteiger partial charge is 0.235 e. The molecule has 0 spiro atoms. The molecule has 0 aromatic carbocycles. The lowest BCUT2D eigenvalue weighted by atomic mass is 10.0. The summed E-state index contributed by atoms with van der Waals surface area (Å²) in [5.74, 6) is 1.49. The van der Waals surface area contributed by atoms with Gasteiger partial charge in [0.25, 0.3) is 0 Å². The van der Waals surface area contributed by atoms with Gasteiger partial charge in [-0.1, -0.05) is 11.2 Å². The number of carbonyl (C=O) groups excluding carboxylic acids is 1. The Morgan fingerprint density at radius 1 is 1.43 bits per heavy atom. The van der Waals surface area contributed by atoms with Crippen LogP contribution in [0.3, 0.4) is 0 Å². The van der Waals surface area contributed by atoms with Crippen LogP contribution < -0.4 is 5.32 Å². The molecule has 0 saturated heterocycles. The van der Waals surface area contributed by atoms with Gasteiger partial charge in [0.2, 0.25) is 17.7 Å². The number of carbonyl (C=O) groups is 1. The maximum absolute atomic E-state index is 12.5. The largest absolute Gasteiger partial charge is 0.424 e. The van der Waals surface area contributed by atoms with Crippen molar-refractivity contribution in [1.82, 2.24) is 20.7 Å². The van der Waals surface area contributed by atoms with Gasteiger partial charge in [0.15, 0.2) is 5.76 Å². The SMILES string of the molecule is Cc1nnc(CNC(=O)C2(c3cc(-c4cccs4)on3)CC2)o1. The molecule has 1 aliphatic carbocycles. The summed E-state index contributed by atoms with van der Waals surface area (Å²) in [4.78, 5) is 13.5. The minimum Gasteiger partial charge on any atom is -0.424 e. The average Bonchev–Trinajstić information content (AvgIpc) is 2.97. The highest BCUT2D eigenvalue weighted by atomic mass is 32.1. The molecule has 7 nitrogen and oxygen atoms in total. The highest BCUT2D eigenvalue weighted by Crippen LogP contribution is 2.48. The summed E-state index contributed by atoms with van der Waals surface area (Å²) >= 11 is 1.58. The van der Waals surface area contributed by atoms with Crippen molar-refractivity contribution < 1.29 is 13.7 Å². The molecule has 23 heavy (non-hydrogen) atoms. The molecule has 0 unspecified atom stereocenters. The molecule has 3 heterocycles. The molecule has 118 valence electrons. The Morgan fingerprint density at radius 2 is 2.30 bits per heavy atom. The Morgan fingerprint density at radius 3 is 2.96 bits per heavy atom. The van der Waals surface area contributed by atoms with Crippen molar-refractivity contribution in [3.05, 3.63) is 41.1 Å². The number of hydrogen-bond donors (Lipinski definition) is 1. The van der Waals surface area contributed by atoms with Gasteiger partial charge in [-0.25, -0.2) is 0 Å². The minimum absolute atomic E-state index is 0.0839. The normalized spacial score (nSPS) is 15.5. The molecule has 0 atom stereocenters. The van der Waals surface area contributed by atoms with Crippen LogP contribution in [0.25, 0.3) is 10.6 Å². The van der Waals surface area contributed by atoms with E-state index in [2.05, 4.69) is 20.7 Å². The molecule has 1 aliphatic rings. The van der Waals surface area contributed by atoms with Crippen LogP contribution in [0.1, 0.15) is 30.3 Å². The average molecular weight is 330 g/mol. The van der Waals surface area contributed by atoms with Gasteiger partial charge in [-0.3, -0.25) is 4.79 Å². The predicted octanol–water partition coefficient (Wildman–Crippen LogP) is 2.44. The number of nitrogens with zero attached hydrogens (tertiary/aromatic N) is 3. The molecule has 8 heteroatoms. The van der Waals surface area contributed by atoms with Gasteiger partial charge in [-0.15, -0.1) is 21.5 Å².